The van der Waals surface area contributed by atoms with Crippen molar-refractivity contribution in [3.8, 4) is 0 Å². The molecule has 0 amide bonds. The Morgan fingerprint density at radius 2 is 1.80 bits per heavy atom. The maximum Gasteiger partial charge on any atom is 0.164 e. The molecule has 6 heteroatoms. The van der Waals surface area contributed by atoms with Crippen LogP contribution in [0, 0.1) is 6.92 Å². The number of rotatable bonds is 3. The third-order valence-corrected chi connectivity index (χ3v) is 7.37. The van der Waals surface area contributed by atoms with E-state index in [1.54, 1.807) is 11.8 Å². The molecule has 2 aliphatic heterocycles. The quantitative estimate of drug-likeness (QED) is 0.830. The number of fused-ring (bicyclic) bond motifs is 1. The Hall–Kier alpha value is -1.79. The SMILES string of the molecule is Cc1ccc(CSC2=N[C@H]3CS(=O)(=O)C[C@@H]3N2c2ccccc2)cc1. The highest BCUT2D eigenvalue weighted by molar-refractivity contribution is 8.13. The van der Waals surface area contributed by atoms with Gasteiger partial charge in [-0.3, -0.25) is 4.99 Å². The van der Waals surface area contributed by atoms with Gasteiger partial charge in [0.15, 0.2) is 15.0 Å². The Labute approximate surface area is 152 Å². The lowest BCUT2D eigenvalue weighted by atomic mass is 10.1. The summed E-state index contributed by atoms with van der Waals surface area (Å²) in [5, 5.41) is 0.927. The molecule has 4 nitrogen and oxygen atoms in total. The van der Waals surface area contributed by atoms with Gasteiger partial charge in [-0.25, -0.2) is 8.42 Å². The molecular weight excluding hydrogens is 352 g/mol. The van der Waals surface area contributed by atoms with Gasteiger partial charge in [-0.05, 0) is 24.6 Å². The summed E-state index contributed by atoms with van der Waals surface area (Å²) in [5.41, 5.74) is 3.51. The van der Waals surface area contributed by atoms with Gasteiger partial charge in [0.25, 0.3) is 0 Å². The molecule has 1 fully saturated rings. The number of nitrogens with zero attached hydrogens (tertiary/aromatic N) is 2. The number of para-hydroxylation sites is 1. The highest BCUT2D eigenvalue weighted by Crippen LogP contribution is 2.35. The zero-order chi connectivity index (χ0) is 17.4. The van der Waals surface area contributed by atoms with Crippen LogP contribution in [-0.2, 0) is 15.6 Å². The van der Waals surface area contributed by atoms with Crippen molar-refractivity contribution < 1.29 is 8.42 Å². The fourth-order valence-corrected chi connectivity index (χ4v) is 6.28. The standard InChI is InChI=1S/C19H20N2O2S2/c1-14-7-9-15(10-8-14)11-24-19-20-17-12-25(22,23)13-18(17)21(19)16-5-3-2-4-6-16/h2-10,17-18H,11-13H2,1H3/t17-,18-/m0/s1. The van der Waals surface area contributed by atoms with Crippen LogP contribution in [0.2, 0.25) is 0 Å². The summed E-state index contributed by atoms with van der Waals surface area (Å²) >= 11 is 1.68. The van der Waals surface area contributed by atoms with E-state index in [1.807, 2.05) is 30.3 Å². The Balaban J connectivity index is 1.59. The predicted octanol–water partition coefficient (Wildman–Crippen LogP) is 3.27. The average molecular weight is 373 g/mol. The van der Waals surface area contributed by atoms with Crippen LogP contribution in [0.5, 0.6) is 0 Å². The molecule has 2 heterocycles. The lowest BCUT2D eigenvalue weighted by Crippen LogP contribution is -2.39. The molecule has 0 N–H and O–H groups in total. The van der Waals surface area contributed by atoms with Gasteiger partial charge in [-0.15, -0.1) is 0 Å². The lowest BCUT2D eigenvalue weighted by molar-refractivity contribution is 0.601. The van der Waals surface area contributed by atoms with Gasteiger partial charge in [-0.1, -0.05) is 59.8 Å². The van der Waals surface area contributed by atoms with Gasteiger partial charge in [-0.2, -0.15) is 0 Å². The Kier molecular flexibility index (Phi) is 4.33. The van der Waals surface area contributed by atoms with Crippen molar-refractivity contribution in [2.24, 2.45) is 4.99 Å². The van der Waals surface area contributed by atoms with Crippen LogP contribution in [-0.4, -0.2) is 37.2 Å². The summed E-state index contributed by atoms with van der Waals surface area (Å²) in [7, 11) is -3.00. The molecule has 25 heavy (non-hydrogen) atoms. The van der Waals surface area contributed by atoms with Crippen molar-refractivity contribution in [3.05, 3.63) is 65.7 Å². The van der Waals surface area contributed by atoms with E-state index in [1.165, 1.54) is 11.1 Å². The Morgan fingerprint density at radius 1 is 1.08 bits per heavy atom. The normalized spacial score (nSPS) is 24.2. The van der Waals surface area contributed by atoms with Gasteiger partial charge >= 0.3 is 0 Å². The molecule has 2 aromatic carbocycles. The number of amidine groups is 1. The van der Waals surface area contributed by atoms with Crippen LogP contribution < -0.4 is 4.90 Å². The van der Waals surface area contributed by atoms with E-state index < -0.39 is 9.84 Å². The van der Waals surface area contributed by atoms with E-state index in [0.717, 1.165) is 16.6 Å². The van der Waals surface area contributed by atoms with Crippen molar-refractivity contribution in [2.45, 2.75) is 24.8 Å². The van der Waals surface area contributed by atoms with Crippen molar-refractivity contribution in [1.29, 1.82) is 0 Å². The largest absolute Gasteiger partial charge is 0.315 e. The molecule has 0 saturated carbocycles. The van der Waals surface area contributed by atoms with Gasteiger partial charge < -0.3 is 4.90 Å². The first-order valence-corrected chi connectivity index (χ1v) is 11.1. The number of hydrogen-bond donors (Lipinski definition) is 0. The maximum atomic E-state index is 12.0. The molecule has 0 radical (unpaired) electrons. The topological polar surface area (TPSA) is 49.7 Å². The minimum Gasteiger partial charge on any atom is -0.315 e. The maximum absolute atomic E-state index is 12.0. The first-order chi connectivity index (χ1) is 12.0. The van der Waals surface area contributed by atoms with Crippen molar-refractivity contribution >= 4 is 32.5 Å². The number of hydrogen-bond acceptors (Lipinski definition) is 5. The molecule has 2 aliphatic rings. The van der Waals surface area contributed by atoms with E-state index in [9.17, 15) is 8.42 Å². The molecule has 0 aliphatic carbocycles. The van der Waals surface area contributed by atoms with E-state index in [2.05, 4.69) is 36.1 Å². The van der Waals surface area contributed by atoms with Crippen LogP contribution in [0.3, 0.4) is 0 Å². The van der Waals surface area contributed by atoms with Gasteiger partial charge in [0, 0.05) is 11.4 Å². The molecule has 2 aromatic rings. The smallest absolute Gasteiger partial charge is 0.164 e. The first-order valence-electron chi connectivity index (χ1n) is 8.33. The molecule has 0 unspecified atom stereocenters. The second-order valence-electron chi connectivity index (χ2n) is 6.60. The summed E-state index contributed by atoms with van der Waals surface area (Å²) < 4.78 is 24.1. The molecule has 0 aromatic heterocycles. The molecule has 1 saturated heterocycles. The summed E-state index contributed by atoms with van der Waals surface area (Å²) in [4.78, 5) is 6.88. The van der Waals surface area contributed by atoms with Crippen LogP contribution >= 0.6 is 11.8 Å². The molecule has 4 rings (SSSR count). The number of sulfone groups is 1. The first kappa shape index (κ1) is 16.7. The van der Waals surface area contributed by atoms with Crippen LogP contribution in [0.25, 0.3) is 0 Å². The molecule has 0 bridgehead atoms. The number of benzene rings is 2. The second kappa shape index (κ2) is 6.50. The number of thioether (sulfide) groups is 1. The zero-order valence-corrected chi connectivity index (χ0v) is 15.6. The Morgan fingerprint density at radius 3 is 2.52 bits per heavy atom. The van der Waals surface area contributed by atoms with Gasteiger partial charge in [0.1, 0.15) is 0 Å². The minimum atomic E-state index is -3.00. The summed E-state index contributed by atoms with van der Waals surface area (Å²) in [6.45, 7) is 2.08. The van der Waals surface area contributed by atoms with E-state index >= 15 is 0 Å². The summed E-state index contributed by atoms with van der Waals surface area (Å²) in [6.07, 6.45) is 0. The zero-order valence-electron chi connectivity index (χ0n) is 14.0. The van der Waals surface area contributed by atoms with Crippen LogP contribution in [0.15, 0.2) is 59.6 Å². The summed E-state index contributed by atoms with van der Waals surface area (Å²) in [6, 6.07) is 18.3. The monoisotopic (exact) mass is 372 g/mol. The lowest BCUT2D eigenvalue weighted by Gasteiger charge is -2.26. The minimum absolute atomic E-state index is 0.0760. The van der Waals surface area contributed by atoms with Crippen LogP contribution in [0.1, 0.15) is 11.1 Å². The van der Waals surface area contributed by atoms with Gasteiger partial charge in [0.2, 0.25) is 0 Å². The fourth-order valence-electron chi connectivity index (χ4n) is 3.36. The number of aryl methyl sites for hydroxylation is 1. The molecule has 0 spiro atoms. The second-order valence-corrected chi connectivity index (χ2v) is 9.70. The summed E-state index contributed by atoms with van der Waals surface area (Å²) in [5.74, 6) is 1.18. The van der Waals surface area contributed by atoms with E-state index in [-0.39, 0.29) is 23.6 Å². The Bertz CT molecular complexity index is 893. The molecule has 2 atom stereocenters. The average Bonchev–Trinajstić information content (AvgIpc) is 3.06. The third kappa shape index (κ3) is 3.46. The van der Waals surface area contributed by atoms with Crippen LogP contribution in [0.4, 0.5) is 5.69 Å². The van der Waals surface area contributed by atoms with Crippen molar-refractivity contribution in [3.63, 3.8) is 0 Å². The van der Waals surface area contributed by atoms with Crippen molar-refractivity contribution in [2.75, 3.05) is 16.4 Å². The molecule has 130 valence electrons. The molecular formula is C19H20N2O2S2. The van der Waals surface area contributed by atoms with Gasteiger partial charge in [0.05, 0.1) is 23.6 Å². The third-order valence-electron chi connectivity index (χ3n) is 4.63. The highest BCUT2D eigenvalue weighted by atomic mass is 32.2. The van der Waals surface area contributed by atoms with E-state index in [0.29, 0.717) is 0 Å². The number of aliphatic imine (C=N–C) groups is 1. The number of anilines is 1. The fraction of sp³-hybridized carbons (Fsp3) is 0.316. The van der Waals surface area contributed by atoms with E-state index in [4.69, 9.17) is 4.99 Å². The predicted molar refractivity (Wildman–Crippen MR) is 105 cm³/mol. The highest BCUT2D eigenvalue weighted by Gasteiger charge is 2.47. The van der Waals surface area contributed by atoms with Crippen molar-refractivity contribution in [1.82, 2.24) is 0 Å².